The third-order valence-corrected chi connectivity index (χ3v) is 2.83. The van der Waals surface area contributed by atoms with E-state index in [1.807, 2.05) is 0 Å². The van der Waals surface area contributed by atoms with Crippen LogP contribution in [0.1, 0.15) is 39.5 Å². The first-order valence-corrected chi connectivity index (χ1v) is 5.96. The van der Waals surface area contributed by atoms with Gasteiger partial charge in [0.2, 0.25) is 0 Å². The minimum atomic E-state index is 0.782. The average Bonchev–Trinajstić information content (AvgIpc) is 2.24. The van der Waals surface area contributed by atoms with Crippen LogP contribution in [0.3, 0.4) is 0 Å². The molecule has 0 spiro atoms. The SMILES string of the molecule is C#CC[N+](CC#C)(CCCC)CCCC. The van der Waals surface area contributed by atoms with Crippen LogP contribution in [-0.2, 0) is 0 Å². The maximum Gasteiger partial charge on any atom is 0.141 e. The van der Waals surface area contributed by atoms with Gasteiger partial charge in [0.15, 0.2) is 0 Å². The van der Waals surface area contributed by atoms with Crippen LogP contribution in [0.2, 0.25) is 0 Å². The van der Waals surface area contributed by atoms with Crippen LogP contribution in [-0.4, -0.2) is 30.7 Å². The first-order valence-electron chi connectivity index (χ1n) is 5.96. The lowest BCUT2D eigenvalue weighted by Gasteiger charge is -2.35. The molecule has 0 aliphatic carbocycles. The molecule has 0 rings (SSSR count). The normalized spacial score (nSPS) is 10.7. The summed E-state index contributed by atoms with van der Waals surface area (Å²) in [5.41, 5.74) is 0. The first-order chi connectivity index (χ1) is 7.24. The van der Waals surface area contributed by atoms with E-state index < -0.39 is 0 Å². The molecule has 1 nitrogen and oxygen atoms in total. The highest BCUT2D eigenvalue weighted by Crippen LogP contribution is 2.11. The van der Waals surface area contributed by atoms with Crippen molar-refractivity contribution in [3.63, 3.8) is 0 Å². The number of nitrogens with zero attached hydrogens (tertiary/aromatic N) is 1. The number of unbranched alkanes of at least 4 members (excludes halogenated alkanes) is 2. The zero-order valence-corrected chi connectivity index (χ0v) is 10.3. The highest BCUT2D eigenvalue weighted by Gasteiger charge is 2.23. The number of terminal acetylenes is 2. The third kappa shape index (κ3) is 5.50. The van der Waals surface area contributed by atoms with E-state index >= 15 is 0 Å². The third-order valence-electron chi connectivity index (χ3n) is 2.83. The molecule has 0 amide bonds. The summed E-state index contributed by atoms with van der Waals surface area (Å²) in [6.45, 7) is 8.24. The Hall–Kier alpha value is -0.920. The molecular weight excluding hydrogens is 182 g/mol. The van der Waals surface area contributed by atoms with Gasteiger partial charge in [0.1, 0.15) is 13.1 Å². The summed E-state index contributed by atoms with van der Waals surface area (Å²) in [7, 11) is 0. The summed E-state index contributed by atoms with van der Waals surface area (Å²) in [4.78, 5) is 0. The van der Waals surface area contributed by atoms with Gasteiger partial charge in [-0.3, -0.25) is 0 Å². The smallest absolute Gasteiger partial charge is 0.141 e. The molecule has 0 N–H and O–H groups in total. The Bertz CT molecular complexity index is 203. The van der Waals surface area contributed by atoms with Crippen LogP contribution in [0.25, 0.3) is 0 Å². The maximum absolute atomic E-state index is 5.45. The Morgan fingerprint density at radius 1 is 0.867 bits per heavy atom. The molecule has 0 fully saturated rings. The topological polar surface area (TPSA) is 0 Å². The fraction of sp³-hybridized carbons (Fsp3) is 0.714. The Morgan fingerprint density at radius 2 is 1.27 bits per heavy atom. The van der Waals surface area contributed by atoms with E-state index in [0.29, 0.717) is 0 Å². The number of hydrogen-bond acceptors (Lipinski definition) is 0. The molecule has 0 unspecified atom stereocenters. The average molecular weight is 206 g/mol. The van der Waals surface area contributed by atoms with Crippen LogP contribution in [0.5, 0.6) is 0 Å². The summed E-state index contributed by atoms with van der Waals surface area (Å²) in [6, 6.07) is 0. The molecule has 1 heteroatoms. The van der Waals surface area contributed by atoms with E-state index in [9.17, 15) is 0 Å². The molecule has 84 valence electrons. The number of rotatable bonds is 8. The fourth-order valence-electron chi connectivity index (χ4n) is 1.86. The van der Waals surface area contributed by atoms with Crippen LogP contribution in [0.15, 0.2) is 0 Å². The van der Waals surface area contributed by atoms with Crippen molar-refractivity contribution in [1.82, 2.24) is 0 Å². The first kappa shape index (κ1) is 14.1. The standard InChI is InChI=1S/C14H24N/c1-5-9-13-15(11-7-3,12-8-4)14-10-6-2/h3-4H,5-6,9-14H2,1-2H3/q+1. The van der Waals surface area contributed by atoms with Gasteiger partial charge in [-0.25, -0.2) is 0 Å². The zero-order valence-electron chi connectivity index (χ0n) is 10.3. The van der Waals surface area contributed by atoms with Gasteiger partial charge in [-0.05, 0) is 24.7 Å². The summed E-state index contributed by atoms with van der Waals surface area (Å²) in [6.07, 6.45) is 15.8. The van der Waals surface area contributed by atoms with E-state index in [2.05, 4.69) is 25.7 Å². The summed E-state index contributed by atoms with van der Waals surface area (Å²) in [5, 5.41) is 0. The van der Waals surface area contributed by atoms with Gasteiger partial charge in [-0.15, -0.1) is 12.8 Å². The predicted octanol–water partition coefficient (Wildman–Crippen LogP) is 2.67. The molecule has 0 aromatic heterocycles. The van der Waals surface area contributed by atoms with E-state index in [4.69, 9.17) is 12.8 Å². The second kappa shape index (κ2) is 8.39. The lowest BCUT2D eigenvalue weighted by molar-refractivity contribution is -0.915. The van der Waals surface area contributed by atoms with Crippen LogP contribution in [0.4, 0.5) is 0 Å². The summed E-state index contributed by atoms with van der Waals surface area (Å²) >= 11 is 0. The van der Waals surface area contributed by atoms with Gasteiger partial charge in [0.05, 0.1) is 13.1 Å². The minimum absolute atomic E-state index is 0.782. The van der Waals surface area contributed by atoms with E-state index in [0.717, 1.165) is 30.7 Å². The van der Waals surface area contributed by atoms with Crippen molar-refractivity contribution in [2.75, 3.05) is 26.2 Å². The van der Waals surface area contributed by atoms with Crippen LogP contribution < -0.4 is 0 Å². The molecule has 0 bridgehead atoms. The molecule has 0 radical (unpaired) electrons. The Kier molecular flexibility index (Phi) is 7.88. The van der Waals surface area contributed by atoms with Crippen molar-refractivity contribution >= 4 is 0 Å². The van der Waals surface area contributed by atoms with Crippen molar-refractivity contribution in [1.29, 1.82) is 0 Å². The number of quaternary nitrogens is 1. The molecule has 0 atom stereocenters. The van der Waals surface area contributed by atoms with Crippen LogP contribution in [0, 0.1) is 24.7 Å². The largest absolute Gasteiger partial charge is 0.303 e. The molecule has 0 aromatic carbocycles. The lowest BCUT2D eigenvalue weighted by Crippen LogP contribution is -2.50. The molecule has 0 aliphatic rings. The highest BCUT2D eigenvalue weighted by molar-refractivity contribution is 4.88. The highest BCUT2D eigenvalue weighted by atomic mass is 15.3. The van der Waals surface area contributed by atoms with Gasteiger partial charge in [0, 0.05) is 0 Å². The van der Waals surface area contributed by atoms with E-state index in [1.165, 1.54) is 25.7 Å². The minimum Gasteiger partial charge on any atom is -0.303 e. The zero-order chi connectivity index (χ0) is 11.6. The monoisotopic (exact) mass is 206 g/mol. The summed E-state index contributed by atoms with van der Waals surface area (Å²) < 4.78 is 0.925. The lowest BCUT2D eigenvalue weighted by atomic mass is 10.2. The van der Waals surface area contributed by atoms with Gasteiger partial charge >= 0.3 is 0 Å². The van der Waals surface area contributed by atoms with Gasteiger partial charge in [-0.1, -0.05) is 26.7 Å². The molecule has 0 aliphatic heterocycles. The molecule has 15 heavy (non-hydrogen) atoms. The van der Waals surface area contributed by atoms with E-state index in [1.54, 1.807) is 0 Å². The van der Waals surface area contributed by atoms with Crippen molar-refractivity contribution in [2.45, 2.75) is 39.5 Å². The van der Waals surface area contributed by atoms with Gasteiger partial charge < -0.3 is 4.48 Å². The van der Waals surface area contributed by atoms with Crippen LogP contribution >= 0.6 is 0 Å². The molecule has 0 saturated carbocycles. The molecule has 0 saturated heterocycles. The second-order valence-corrected chi connectivity index (χ2v) is 4.22. The Morgan fingerprint density at radius 3 is 1.53 bits per heavy atom. The second-order valence-electron chi connectivity index (χ2n) is 4.22. The van der Waals surface area contributed by atoms with Crippen molar-refractivity contribution < 1.29 is 4.48 Å². The van der Waals surface area contributed by atoms with E-state index in [-0.39, 0.29) is 0 Å². The summed E-state index contributed by atoms with van der Waals surface area (Å²) in [5.74, 6) is 5.58. The van der Waals surface area contributed by atoms with Crippen molar-refractivity contribution in [3.8, 4) is 24.7 Å². The molecule has 0 heterocycles. The molecular formula is C14H24N+. The Balaban J connectivity index is 4.43. The molecule has 0 aromatic rings. The van der Waals surface area contributed by atoms with Gasteiger partial charge in [0.25, 0.3) is 0 Å². The predicted molar refractivity (Wildman–Crippen MR) is 67.2 cm³/mol. The van der Waals surface area contributed by atoms with Crippen molar-refractivity contribution in [2.24, 2.45) is 0 Å². The fourth-order valence-corrected chi connectivity index (χ4v) is 1.86. The quantitative estimate of drug-likeness (QED) is 0.423. The number of hydrogen-bond donors (Lipinski definition) is 0. The van der Waals surface area contributed by atoms with Gasteiger partial charge in [-0.2, -0.15) is 0 Å². The Labute approximate surface area is 95.5 Å². The van der Waals surface area contributed by atoms with Crippen molar-refractivity contribution in [3.05, 3.63) is 0 Å². The maximum atomic E-state index is 5.45.